The van der Waals surface area contributed by atoms with Crippen molar-refractivity contribution in [3.63, 3.8) is 0 Å². The Kier molecular flexibility index (Phi) is 6.35. The Morgan fingerprint density at radius 3 is 2.52 bits per heavy atom. The van der Waals surface area contributed by atoms with Gasteiger partial charge in [0.2, 0.25) is 11.7 Å². The molecule has 3 aromatic rings. The van der Waals surface area contributed by atoms with Crippen molar-refractivity contribution in [3.8, 4) is 5.75 Å². The fourth-order valence-electron chi connectivity index (χ4n) is 4.55. The molecule has 0 unspecified atom stereocenters. The highest BCUT2D eigenvalue weighted by Gasteiger charge is 2.26. The summed E-state index contributed by atoms with van der Waals surface area (Å²) >= 11 is 0. The van der Waals surface area contributed by atoms with Crippen LogP contribution in [-0.2, 0) is 11.3 Å². The zero-order valence-corrected chi connectivity index (χ0v) is 18.2. The molecule has 162 valence electrons. The highest BCUT2D eigenvalue weighted by atomic mass is 16.5. The lowest BCUT2D eigenvalue weighted by atomic mass is 9.94. The van der Waals surface area contributed by atoms with Crippen molar-refractivity contribution in [1.82, 2.24) is 14.7 Å². The van der Waals surface area contributed by atoms with E-state index in [-0.39, 0.29) is 18.2 Å². The Morgan fingerprint density at radius 1 is 1.10 bits per heavy atom. The van der Waals surface area contributed by atoms with E-state index in [0.29, 0.717) is 29.6 Å². The zero-order valence-electron chi connectivity index (χ0n) is 18.2. The molecular weight excluding hydrogens is 390 g/mol. The smallest absolute Gasteiger partial charge is 0.244 e. The molecule has 0 saturated heterocycles. The molecule has 1 heterocycles. The number of carbonyl (C=O) groups is 2. The largest absolute Gasteiger partial charge is 0.497 e. The number of hydrogen-bond donors (Lipinski definition) is 0. The highest BCUT2D eigenvalue weighted by molar-refractivity contribution is 6.15. The quantitative estimate of drug-likeness (QED) is 0.531. The number of benzene rings is 2. The van der Waals surface area contributed by atoms with Crippen LogP contribution in [0.4, 0.5) is 0 Å². The van der Waals surface area contributed by atoms with Gasteiger partial charge >= 0.3 is 0 Å². The number of aromatic nitrogens is 2. The van der Waals surface area contributed by atoms with Crippen LogP contribution in [0, 0.1) is 0 Å². The third-order valence-electron chi connectivity index (χ3n) is 6.17. The van der Waals surface area contributed by atoms with E-state index in [2.05, 4.69) is 5.10 Å². The fourth-order valence-corrected chi connectivity index (χ4v) is 4.55. The van der Waals surface area contributed by atoms with Crippen LogP contribution < -0.4 is 4.74 Å². The minimum absolute atomic E-state index is 0.0420. The minimum Gasteiger partial charge on any atom is -0.497 e. The Bertz CT molecular complexity index is 1070. The summed E-state index contributed by atoms with van der Waals surface area (Å²) in [4.78, 5) is 28.4. The molecule has 6 heteroatoms. The summed E-state index contributed by atoms with van der Waals surface area (Å²) in [7, 11) is 1.60. The van der Waals surface area contributed by atoms with Gasteiger partial charge in [-0.3, -0.25) is 14.3 Å². The van der Waals surface area contributed by atoms with Gasteiger partial charge in [-0.1, -0.05) is 49.6 Å². The van der Waals surface area contributed by atoms with Crippen LogP contribution >= 0.6 is 0 Å². The normalized spacial score (nSPS) is 14.5. The average Bonchev–Trinajstić information content (AvgIpc) is 3.17. The summed E-state index contributed by atoms with van der Waals surface area (Å²) < 4.78 is 7.03. The monoisotopic (exact) mass is 419 g/mol. The van der Waals surface area contributed by atoms with Crippen molar-refractivity contribution in [2.45, 2.75) is 51.6 Å². The van der Waals surface area contributed by atoms with Gasteiger partial charge in [-0.25, -0.2) is 0 Å². The first kappa shape index (κ1) is 21.1. The van der Waals surface area contributed by atoms with E-state index in [1.807, 2.05) is 48.2 Å². The lowest BCUT2D eigenvalue weighted by molar-refractivity contribution is -0.134. The maximum atomic E-state index is 13.2. The molecule has 1 saturated carbocycles. The SMILES string of the molecule is CCN(C(=O)Cn1nc(C(=O)c2ccccc2)c2ccc(OC)cc21)C1CCCCC1. The lowest BCUT2D eigenvalue weighted by Gasteiger charge is -2.33. The number of nitrogens with zero attached hydrogens (tertiary/aromatic N) is 3. The zero-order chi connectivity index (χ0) is 21.8. The molecular formula is C25H29N3O3. The first-order valence-corrected chi connectivity index (χ1v) is 11.1. The molecule has 4 rings (SSSR count). The Labute approximate surface area is 182 Å². The summed E-state index contributed by atoms with van der Waals surface area (Å²) in [5.41, 5.74) is 1.66. The molecule has 1 aliphatic rings. The van der Waals surface area contributed by atoms with Crippen LogP contribution in [-0.4, -0.2) is 46.1 Å². The van der Waals surface area contributed by atoms with E-state index in [1.54, 1.807) is 23.9 Å². The molecule has 1 aliphatic carbocycles. The van der Waals surface area contributed by atoms with Crippen LogP contribution in [0.5, 0.6) is 5.75 Å². The van der Waals surface area contributed by atoms with Crippen LogP contribution in [0.1, 0.15) is 55.1 Å². The second-order valence-corrected chi connectivity index (χ2v) is 8.06. The molecule has 1 amide bonds. The molecule has 0 N–H and O–H groups in total. The number of methoxy groups -OCH3 is 1. The van der Waals surface area contributed by atoms with E-state index in [0.717, 1.165) is 23.7 Å². The topological polar surface area (TPSA) is 64.4 Å². The van der Waals surface area contributed by atoms with Gasteiger partial charge in [0, 0.05) is 29.6 Å². The van der Waals surface area contributed by atoms with Gasteiger partial charge in [0.25, 0.3) is 0 Å². The van der Waals surface area contributed by atoms with Crippen LogP contribution in [0.3, 0.4) is 0 Å². The van der Waals surface area contributed by atoms with Crippen molar-refractivity contribution in [2.75, 3.05) is 13.7 Å². The predicted octanol–water partition coefficient (Wildman–Crippen LogP) is 4.46. The Balaban J connectivity index is 1.69. The van der Waals surface area contributed by atoms with Gasteiger partial charge in [-0.05, 0) is 31.9 Å². The van der Waals surface area contributed by atoms with Crippen molar-refractivity contribution in [3.05, 3.63) is 59.8 Å². The van der Waals surface area contributed by atoms with Gasteiger partial charge in [-0.15, -0.1) is 0 Å². The second kappa shape index (κ2) is 9.33. The van der Waals surface area contributed by atoms with Crippen molar-refractivity contribution in [1.29, 1.82) is 0 Å². The summed E-state index contributed by atoms with van der Waals surface area (Å²) in [6.07, 6.45) is 5.71. The molecule has 1 fully saturated rings. The first-order valence-electron chi connectivity index (χ1n) is 11.1. The van der Waals surface area contributed by atoms with Crippen molar-refractivity contribution >= 4 is 22.6 Å². The molecule has 1 aromatic heterocycles. The van der Waals surface area contributed by atoms with E-state index < -0.39 is 0 Å². The maximum Gasteiger partial charge on any atom is 0.244 e. The molecule has 31 heavy (non-hydrogen) atoms. The summed E-state index contributed by atoms with van der Waals surface area (Å²) in [6.45, 7) is 2.82. The Morgan fingerprint density at radius 2 is 1.84 bits per heavy atom. The number of carbonyl (C=O) groups excluding carboxylic acids is 2. The van der Waals surface area contributed by atoms with Gasteiger partial charge in [0.1, 0.15) is 18.0 Å². The third kappa shape index (κ3) is 4.33. The summed E-state index contributed by atoms with van der Waals surface area (Å²) in [5.74, 6) is 0.557. The molecule has 0 aliphatic heterocycles. The average molecular weight is 420 g/mol. The Hall–Kier alpha value is -3.15. The lowest BCUT2D eigenvalue weighted by Crippen LogP contribution is -2.43. The van der Waals surface area contributed by atoms with Crippen LogP contribution in [0.15, 0.2) is 48.5 Å². The predicted molar refractivity (Wildman–Crippen MR) is 120 cm³/mol. The van der Waals surface area contributed by atoms with Crippen LogP contribution in [0.25, 0.3) is 10.9 Å². The van der Waals surface area contributed by atoms with Crippen molar-refractivity contribution in [2.24, 2.45) is 0 Å². The third-order valence-corrected chi connectivity index (χ3v) is 6.17. The number of hydrogen-bond acceptors (Lipinski definition) is 4. The molecule has 0 radical (unpaired) electrons. The molecule has 2 aromatic carbocycles. The fraction of sp³-hybridized carbons (Fsp3) is 0.400. The number of fused-ring (bicyclic) bond motifs is 1. The van der Waals surface area contributed by atoms with Crippen molar-refractivity contribution < 1.29 is 14.3 Å². The minimum atomic E-state index is -0.151. The van der Waals surface area contributed by atoms with Gasteiger partial charge in [-0.2, -0.15) is 5.10 Å². The molecule has 0 spiro atoms. The summed E-state index contributed by atoms with van der Waals surface area (Å²) in [5, 5.41) is 5.33. The van der Waals surface area contributed by atoms with E-state index >= 15 is 0 Å². The number of amides is 1. The number of ketones is 1. The number of rotatable bonds is 7. The summed E-state index contributed by atoms with van der Waals surface area (Å²) in [6, 6.07) is 14.9. The second-order valence-electron chi connectivity index (χ2n) is 8.06. The van der Waals surface area contributed by atoms with E-state index in [9.17, 15) is 9.59 Å². The van der Waals surface area contributed by atoms with Gasteiger partial charge in [0.15, 0.2) is 0 Å². The van der Waals surface area contributed by atoms with E-state index in [4.69, 9.17) is 4.74 Å². The van der Waals surface area contributed by atoms with Gasteiger partial charge < -0.3 is 9.64 Å². The maximum absolute atomic E-state index is 13.2. The standard InChI is InChI=1S/C25H29N3O3/c1-3-27(19-12-8-5-9-13-19)23(29)17-28-22-16-20(31-2)14-15-21(22)24(26-28)25(30)18-10-6-4-7-11-18/h4,6-7,10-11,14-16,19H,3,5,8-9,12-13,17H2,1-2H3. The number of likely N-dealkylation sites (N-methyl/N-ethyl adjacent to an activating group) is 1. The van der Waals surface area contributed by atoms with Gasteiger partial charge in [0.05, 0.1) is 12.6 Å². The highest BCUT2D eigenvalue weighted by Crippen LogP contribution is 2.27. The molecule has 0 atom stereocenters. The van der Waals surface area contributed by atoms with Crippen LogP contribution in [0.2, 0.25) is 0 Å². The number of ether oxygens (including phenoxy) is 1. The van der Waals surface area contributed by atoms with E-state index in [1.165, 1.54) is 19.3 Å². The first-order chi connectivity index (χ1) is 15.1. The molecule has 6 nitrogen and oxygen atoms in total. The molecule has 0 bridgehead atoms.